The Morgan fingerprint density at radius 3 is 2.75 bits per heavy atom. The molecule has 1 unspecified atom stereocenters. The smallest absolute Gasteiger partial charge is 0.242 e. The number of nitrogens with one attached hydrogen (secondary N) is 2. The summed E-state index contributed by atoms with van der Waals surface area (Å²) in [4.78, 5) is 23.1. The molecule has 1 saturated heterocycles. The summed E-state index contributed by atoms with van der Waals surface area (Å²) in [5.41, 5.74) is 1.18. The predicted octanol–water partition coefficient (Wildman–Crippen LogP) is 1.02. The molecule has 108 valence electrons. The number of benzene rings is 1. The summed E-state index contributed by atoms with van der Waals surface area (Å²) in [5.74, 6) is 0.702. The third-order valence-corrected chi connectivity index (χ3v) is 3.41. The van der Waals surface area contributed by atoms with Crippen molar-refractivity contribution in [1.29, 1.82) is 0 Å². The summed E-state index contributed by atoms with van der Waals surface area (Å²) in [7, 11) is 1.64. The molecule has 5 nitrogen and oxygen atoms in total. The highest BCUT2D eigenvalue weighted by Gasteiger charge is 2.24. The Balaban J connectivity index is 1.69. The van der Waals surface area contributed by atoms with Gasteiger partial charge in [0.1, 0.15) is 11.8 Å². The van der Waals surface area contributed by atoms with Crippen LogP contribution in [0.5, 0.6) is 5.75 Å². The highest BCUT2D eigenvalue weighted by Crippen LogP contribution is 2.13. The van der Waals surface area contributed by atoms with Gasteiger partial charge in [-0.2, -0.15) is 0 Å². The van der Waals surface area contributed by atoms with Crippen LogP contribution < -0.4 is 15.4 Å². The number of hydrogen-bond donors (Lipinski definition) is 2. The van der Waals surface area contributed by atoms with E-state index >= 15 is 0 Å². The summed E-state index contributed by atoms with van der Waals surface area (Å²) in [5, 5.41) is 5.46. The van der Waals surface area contributed by atoms with Gasteiger partial charge in [-0.05, 0) is 37.0 Å². The number of ether oxygens (including phenoxy) is 1. The number of carbonyl (C=O) groups excluding carboxylic acids is 2. The average Bonchev–Trinajstić information content (AvgIpc) is 2.85. The van der Waals surface area contributed by atoms with Crippen molar-refractivity contribution in [3.8, 4) is 5.75 Å². The van der Waals surface area contributed by atoms with E-state index in [9.17, 15) is 9.59 Å². The van der Waals surface area contributed by atoms with Gasteiger partial charge in [-0.3, -0.25) is 9.59 Å². The lowest BCUT2D eigenvalue weighted by molar-refractivity contribution is -0.127. The number of carbonyl (C=O) groups is 2. The molecule has 2 N–H and O–H groups in total. The van der Waals surface area contributed by atoms with E-state index in [1.54, 1.807) is 7.11 Å². The molecule has 1 aliphatic heterocycles. The van der Waals surface area contributed by atoms with Gasteiger partial charge in [0.05, 0.1) is 7.11 Å². The van der Waals surface area contributed by atoms with Crippen LogP contribution in [-0.4, -0.2) is 31.5 Å². The van der Waals surface area contributed by atoms with Crippen LogP contribution in [-0.2, 0) is 16.0 Å². The van der Waals surface area contributed by atoms with Crippen molar-refractivity contribution in [2.75, 3.05) is 13.7 Å². The first-order valence-corrected chi connectivity index (χ1v) is 6.89. The van der Waals surface area contributed by atoms with Crippen LogP contribution in [0.15, 0.2) is 24.3 Å². The molecule has 2 rings (SSSR count). The van der Waals surface area contributed by atoms with Crippen molar-refractivity contribution in [2.45, 2.75) is 31.7 Å². The second-order valence-electron chi connectivity index (χ2n) is 4.90. The molecule has 2 amide bonds. The summed E-state index contributed by atoms with van der Waals surface area (Å²) < 4.78 is 5.09. The van der Waals surface area contributed by atoms with Crippen molar-refractivity contribution in [1.82, 2.24) is 10.6 Å². The maximum Gasteiger partial charge on any atom is 0.242 e. The Hall–Kier alpha value is -2.04. The van der Waals surface area contributed by atoms with Gasteiger partial charge in [-0.25, -0.2) is 0 Å². The minimum absolute atomic E-state index is 0.0550. The van der Waals surface area contributed by atoms with E-state index in [4.69, 9.17) is 4.74 Å². The zero-order valence-corrected chi connectivity index (χ0v) is 11.6. The molecule has 0 spiro atoms. The monoisotopic (exact) mass is 276 g/mol. The lowest BCUT2D eigenvalue weighted by atomic mass is 10.1. The molecule has 0 radical (unpaired) electrons. The third-order valence-electron chi connectivity index (χ3n) is 3.41. The van der Waals surface area contributed by atoms with E-state index < -0.39 is 0 Å². The van der Waals surface area contributed by atoms with E-state index in [0.717, 1.165) is 18.6 Å². The van der Waals surface area contributed by atoms with Gasteiger partial charge in [-0.1, -0.05) is 12.1 Å². The number of rotatable bonds is 6. The number of hydrogen-bond acceptors (Lipinski definition) is 3. The molecular weight excluding hydrogens is 256 g/mol. The van der Waals surface area contributed by atoms with Gasteiger partial charge < -0.3 is 15.4 Å². The van der Waals surface area contributed by atoms with Gasteiger partial charge in [0.15, 0.2) is 0 Å². The van der Waals surface area contributed by atoms with Crippen molar-refractivity contribution >= 4 is 11.8 Å². The Bertz CT molecular complexity index is 471. The molecule has 0 aromatic heterocycles. The van der Waals surface area contributed by atoms with Crippen molar-refractivity contribution in [3.05, 3.63) is 29.8 Å². The van der Waals surface area contributed by atoms with Gasteiger partial charge >= 0.3 is 0 Å². The quantitative estimate of drug-likeness (QED) is 0.815. The Kier molecular flexibility index (Phi) is 4.98. The molecule has 0 aliphatic carbocycles. The van der Waals surface area contributed by atoms with Crippen LogP contribution in [0.25, 0.3) is 0 Å². The van der Waals surface area contributed by atoms with Gasteiger partial charge in [0.25, 0.3) is 0 Å². The first kappa shape index (κ1) is 14.4. The maximum atomic E-state index is 11.7. The van der Waals surface area contributed by atoms with Gasteiger partial charge in [0, 0.05) is 13.0 Å². The first-order chi connectivity index (χ1) is 9.69. The largest absolute Gasteiger partial charge is 0.497 e. The summed E-state index contributed by atoms with van der Waals surface area (Å²) in [6.45, 7) is 0.648. The zero-order valence-electron chi connectivity index (χ0n) is 11.6. The van der Waals surface area contributed by atoms with E-state index in [2.05, 4.69) is 10.6 Å². The molecule has 5 heteroatoms. The Morgan fingerprint density at radius 2 is 2.15 bits per heavy atom. The SMILES string of the molecule is COc1ccc(CCCC(=O)NC2CCNC2=O)cc1. The van der Waals surface area contributed by atoms with E-state index in [1.807, 2.05) is 24.3 Å². The van der Waals surface area contributed by atoms with E-state index in [1.165, 1.54) is 5.56 Å². The second-order valence-corrected chi connectivity index (χ2v) is 4.90. The topological polar surface area (TPSA) is 67.4 Å². The molecule has 0 saturated carbocycles. The molecule has 1 aromatic rings. The standard InChI is InChI=1S/C15H20N2O3/c1-20-12-7-5-11(6-8-12)3-2-4-14(18)17-13-9-10-16-15(13)19/h5-8,13H,2-4,9-10H2,1H3,(H,16,19)(H,17,18). The highest BCUT2D eigenvalue weighted by molar-refractivity contribution is 5.88. The fourth-order valence-corrected chi connectivity index (χ4v) is 2.24. The normalized spacial score (nSPS) is 17.6. The molecule has 1 aliphatic rings. The Labute approximate surface area is 118 Å². The minimum Gasteiger partial charge on any atom is -0.497 e. The number of aryl methyl sites for hydroxylation is 1. The highest BCUT2D eigenvalue weighted by atomic mass is 16.5. The summed E-state index contributed by atoms with van der Waals surface area (Å²) in [6.07, 6.45) is 2.74. The Morgan fingerprint density at radius 1 is 1.40 bits per heavy atom. The fraction of sp³-hybridized carbons (Fsp3) is 0.467. The predicted molar refractivity (Wildman–Crippen MR) is 75.5 cm³/mol. The molecule has 0 bridgehead atoms. The molecule has 1 aromatic carbocycles. The van der Waals surface area contributed by atoms with Crippen LogP contribution in [0.2, 0.25) is 0 Å². The van der Waals surface area contributed by atoms with Crippen LogP contribution in [0.1, 0.15) is 24.8 Å². The lowest BCUT2D eigenvalue weighted by Crippen LogP contribution is -2.40. The summed E-state index contributed by atoms with van der Waals surface area (Å²) >= 11 is 0. The van der Waals surface area contributed by atoms with E-state index in [0.29, 0.717) is 19.4 Å². The average molecular weight is 276 g/mol. The van der Waals surface area contributed by atoms with Crippen LogP contribution >= 0.6 is 0 Å². The molecule has 1 heterocycles. The third kappa shape index (κ3) is 3.98. The van der Waals surface area contributed by atoms with Gasteiger partial charge in [-0.15, -0.1) is 0 Å². The number of methoxy groups -OCH3 is 1. The van der Waals surface area contributed by atoms with Crippen LogP contribution in [0.3, 0.4) is 0 Å². The lowest BCUT2D eigenvalue weighted by Gasteiger charge is -2.09. The fourth-order valence-electron chi connectivity index (χ4n) is 2.24. The molecular formula is C15H20N2O3. The maximum absolute atomic E-state index is 11.7. The number of amides is 2. The van der Waals surface area contributed by atoms with Crippen LogP contribution in [0, 0.1) is 0 Å². The van der Waals surface area contributed by atoms with Crippen LogP contribution in [0.4, 0.5) is 0 Å². The molecule has 1 atom stereocenters. The molecule has 1 fully saturated rings. The minimum atomic E-state index is -0.344. The summed E-state index contributed by atoms with van der Waals surface area (Å²) in [6, 6.07) is 7.49. The van der Waals surface area contributed by atoms with Gasteiger partial charge in [0.2, 0.25) is 11.8 Å². The van der Waals surface area contributed by atoms with Crippen molar-refractivity contribution in [2.24, 2.45) is 0 Å². The zero-order chi connectivity index (χ0) is 14.4. The first-order valence-electron chi connectivity index (χ1n) is 6.89. The van der Waals surface area contributed by atoms with Crippen molar-refractivity contribution in [3.63, 3.8) is 0 Å². The molecule has 20 heavy (non-hydrogen) atoms. The van der Waals surface area contributed by atoms with Crippen molar-refractivity contribution < 1.29 is 14.3 Å². The second kappa shape index (κ2) is 6.93. The van der Waals surface area contributed by atoms with E-state index in [-0.39, 0.29) is 17.9 Å².